The van der Waals surface area contributed by atoms with Gasteiger partial charge in [0.05, 0.1) is 5.57 Å². The standard InChI is InChI=1S/C8H4O3/c9-3-4-1-7(10)5-2-6(5)8(4)11/h1,3H,2H2. The van der Waals surface area contributed by atoms with Crippen LogP contribution >= 0.6 is 0 Å². The summed E-state index contributed by atoms with van der Waals surface area (Å²) in [5, 5.41) is 0. The Morgan fingerprint density at radius 2 is 2.00 bits per heavy atom. The lowest BCUT2D eigenvalue weighted by Gasteiger charge is -1.95. The zero-order valence-electron chi connectivity index (χ0n) is 5.59. The lowest BCUT2D eigenvalue weighted by atomic mass is 10.1. The third kappa shape index (κ3) is 0.707. The van der Waals surface area contributed by atoms with Crippen LogP contribution in [0, 0.1) is 0 Å². The largest absolute Gasteiger partial charge is 0.298 e. The average molecular weight is 148 g/mol. The Morgan fingerprint density at radius 3 is 2.64 bits per heavy atom. The lowest BCUT2D eigenvalue weighted by Crippen LogP contribution is -2.07. The molecule has 11 heavy (non-hydrogen) atoms. The van der Waals surface area contributed by atoms with Gasteiger partial charge in [0.15, 0.2) is 17.9 Å². The number of Topliss-reactive ketones (excluding diaryl/α,β-unsaturated/α-hetero) is 1. The summed E-state index contributed by atoms with van der Waals surface area (Å²) in [5.41, 5.74) is 1.10. The van der Waals surface area contributed by atoms with Crippen molar-refractivity contribution in [3.63, 3.8) is 0 Å². The molecule has 0 N–H and O–H groups in total. The van der Waals surface area contributed by atoms with Gasteiger partial charge in [0.25, 0.3) is 0 Å². The normalized spacial score (nSPS) is 21.3. The topological polar surface area (TPSA) is 51.2 Å². The van der Waals surface area contributed by atoms with Gasteiger partial charge in [-0.3, -0.25) is 14.4 Å². The molecule has 0 saturated heterocycles. The molecule has 0 saturated carbocycles. The molecule has 54 valence electrons. The molecular weight excluding hydrogens is 144 g/mol. The highest BCUT2D eigenvalue weighted by Crippen LogP contribution is 2.37. The molecule has 0 aromatic rings. The van der Waals surface area contributed by atoms with E-state index in [-0.39, 0.29) is 17.1 Å². The van der Waals surface area contributed by atoms with Gasteiger partial charge in [-0.15, -0.1) is 0 Å². The van der Waals surface area contributed by atoms with E-state index in [0.717, 1.165) is 6.08 Å². The summed E-state index contributed by atoms with van der Waals surface area (Å²) in [7, 11) is 0. The van der Waals surface area contributed by atoms with E-state index in [4.69, 9.17) is 0 Å². The summed E-state index contributed by atoms with van der Waals surface area (Å²) < 4.78 is 0. The van der Waals surface area contributed by atoms with Crippen LogP contribution in [0.1, 0.15) is 6.42 Å². The van der Waals surface area contributed by atoms with Crippen LogP contribution in [0.5, 0.6) is 0 Å². The van der Waals surface area contributed by atoms with E-state index < -0.39 is 0 Å². The average Bonchev–Trinajstić information content (AvgIpc) is 2.75. The van der Waals surface area contributed by atoms with Crippen molar-refractivity contribution >= 4 is 17.9 Å². The third-order valence-electron chi connectivity index (χ3n) is 1.84. The van der Waals surface area contributed by atoms with E-state index in [9.17, 15) is 14.4 Å². The van der Waals surface area contributed by atoms with Gasteiger partial charge in [-0.25, -0.2) is 0 Å². The molecule has 0 heterocycles. The molecule has 3 nitrogen and oxygen atoms in total. The van der Waals surface area contributed by atoms with Crippen LogP contribution < -0.4 is 0 Å². The van der Waals surface area contributed by atoms with Gasteiger partial charge in [-0.1, -0.05) is 0 Å². The number of hydrogen-bond acceptors (Lipinski definition) is 3. The second kappa shape index (κ2) is 1.75. The van der Waals surface area contributed by atoms with Crippen molar-refractivity contribution < 1.29 is 14.4 Å². The first-order chi connectivity index (χ1) is 5.24. The zero-order valence-corrected chi connectivity index (χ0v) is 5.59. The summed E-state index contributed by atoms with van der Waals surface area (Å²) in [6, 6.07) is 0. The highest BCUT2D eigenvalue weighted by molar-refractivity contribution is 6.33. The number of hydrogen-bond donors (Lipinski definition) is 0. The van der Waals surface area contributed by atoms with Gasteiger partial charge >= 0.3 is 0 Å². The molecule has 0 spiro atoms. The monoisotopic (exact) mass is 148 g/mol. The number of ketones is 2. The molecule has 0 fully saturated rings. The molecular formula is C8H4O3. The number of rotatable bonds is 1. The van der Waals surface area contributed by atoms with E-state index in [1.807, 2.05) is 0 Å². The SMILES string of the molecule is O=CC1=CC(=O)C2=C(C2)C1=O. The van der Waals surface area contributed by atoms with Crippen molar-refractivity contribution in [3.8, 4) is 0 Å². The van der Waals surface area contributed by atoms with Crippen LogP contribution in [-0.2, 0) is 14.4 Å². The molecule has 0 aromatic heterocycles. The van der Waals surface area contributed by atoms with Crippen molar-refractivity contribution in [2.24, 2.45) is 0 Å². The van der Waals surface area contributed by atoms with Crippen LogP contribution in [0.4, 0.5) is 0 Å². The van der Waals surface area contributed by atoms with Gasteiger partial charge in [-0.05, 0) is 0 Å². The summed E-state index contributed by atoms with van der Waals surface area (Å²) in [6.45, 7) is 0. The molecule has 2 rings (SSSR count). The maximum Gasteiger partial charge on any atom is 0.193 e. The maximum atomic E-state index is 11.0. The molecule has 2 aliphatic rings. The first kappa shape index (κ1) is 6.22. The van der Waals surface area contributed by atoms with Crippen LogP contribution in [0.2, 0.25) is 0 Å². The summed E-state index contributed by atoms with van der Waals surface area (Å²) in [5.74, 6) is -0.448. The minimum absolute atomic E-state index is 0.00810. The Labute approximate surface area is 62.4 Å². The third-order valence-corrected chi connectivity index (χ3v) is 1.84. The van der Waals surface area contributed by atoms with Crippen LogP contribution in [0.25, 0.3) is 0 Å². The molecule has 0 unspecified atom stereocenters. The van der Waals surface area contributed by atoms with E-state index >= 15 is 0 Å². The van der Waals surface area contributed by atoms with Gasteiger partial charge in [-0.2, -0.15) is 0 Å². The van der Waals surface area contributed by atoms with E-state index in [2.05, 4.69) is 0 Å². The summed E-state index contributed by atoms with van der Waals surface area (Å²) in [6.07, 6.45) is 2.02. The Bertz CT molecular complexity index is 344. The minimum Gasteiger partial charge on any atom is -0.298 e. The molecule has 0 aromatic carbocycles. The first-order valence-electron chi connectivity index (χ1n) is 3.22. The van der Waals surface area contributed by atoms with Crippen molar-refractivity contribution in [2.75, 3.05) is 0 Å². The predicted octanol–water partition coefficient (Wildman–Crippen LogP) is -0.0362. The van der Waals surface area contributed by atoms with E-state index in [0.29, 0.717) is 23.9 Å². The minimum atomic E-state index is -0.269. The van der Waals surface area contributed by atoms with Crippen LogP contribution in [0.15, 0.2) is 22.8 Å². The number of carbonyl (C=O) groups excluding carboxylic acids is 3. The van der Waals surface area contributed by atoms with Crippen molar-refractivity contribution in [3.05, 3.63) is 22.8 Å². The van der Waals surface area contributed by atoms with Crippen LogP contribution in [-0.4, -0.2) is 17.9 Å². The molecule has 0 radical (unpaired) electrons. The number of carbonyl (C=O) groups is 3. The number of allylic oxidation sites excluding steroid dienone is 4. The van der Waals surface area contributed by atoms with Gasteiger partial charge in [0, 0.05) is 23.6 Å². The quantitative estimate of drug-likeness (QED) is 0.298. The molecule has 0 amide bonds. The molecule has 2 aliphatic carbocycles. The summed E-state index contributed by atoms with van der Waals surface area (Å²) >= 11 is 0. The zero-order chi connectivity index (χ0) is 8.01. The fourth-order valence-electron chi connectivity index (χ4n) is 1.14. The van der Waals surface area contributed by atoms with Gasteiger partial charge < -0.3 is 0 Å². The molecule has 0 bridgehead atoms. The fourth-order valence-corrected chi connectivity index (χ4v) is 1.14. The maximum absolute atomic E-state index is 11.0. The molecule has 0 atom stereocenters. The number of aldehydes is 1. The Hall–Kier alpha value is -1.51. The van der Waals surface area contributed by atoms with Crippen molar-refractivity contribution in [1.29, 1.82) is 0 Å². The summed E-state index contributed by atoms with van der Waals surface area (Å²) in [4.78, 5) is 32.2. The second-order valence-corrected chi connectivity index (χ2v) is 2.54. The lowest BCUT2D eigenvalue weighted by molar-refractivity contribution is -0.116. The Kier molecular flexibility index (Phi) is 0.990. The van der Waals surface area contributed by atoms with Crippen LogP contribution in [0.3, 0.4) is 0 Å². The first-order valence-corrected chi connectivity index (χ1v) is 3.22. The Morgan fingerprint density at radius 1 is 1.27 bits per heavy atom. The van der Waals surface area contributed by atoms with Crippen molar-refractivity contribution in [1.82, 2.24) is 0 Å². The second-order valence-electron chi connectivity index (χ2n) is 2.54. The fraction of sp³-hybridized carbons (Fsp3) is 0.125. The molecule has 3 heteroatoms. The molecule has 0 aliphatic heterocycles. The van der Waals surface area contributed by atoms with Crippen molar-refractivity contribution in [2.45, 2.75) is 6.42 Å². The van der Waals surface area contributed by atoms with E-state index in [1.54, 1.807) is 0 Å². The Balaban J connectivity index is 2.46. The smallest absolute Gasteiger partial charge is 0.193 e. The van der Waals surface area contributed by atoms with Gasteiger partial charge in [0.2, 0.25) is 0 Å². The highest BCUT2D eigenvalue weighted by Gasteiger charge is 2.37. The van der Waals surface area contributed by atoms with E-state index in [1.165, 1.54) is 0 Å². The highest BCUT2D eigenvalue weighted by atomic mass is 16.1. The predicted molar refractivity (Wildman–Crippen MR) is 35.8 cm³/mol. The van der Waals surface area contributed by atoms with Gasteiger partial charge in [0.1, 0.15) is 0 Å².